The highest BCUT2D eigenvalue weighted by molar-refractivity contribution is 5.89. The summed E-state index contributed by atoms with van der Waals surface area (Å²) in [5, 5.41) is 15.1. The van der Waals surface area contributed by atoms with Crippen molar-refractivity contribution in [3.63, 3.8) is 0 Å². The van der Waals surface area contributed by atoms with E-state index in [-0.39, 0.29) is 12.6 Å². The molecule has 1 aromatic heterocycles. The number of aromatic nitrogens is 2. The number of hydrogen-bond acceptors (Lipinski definition) is 3. The normalized spacial score (nSPS) is 14.6. The molecule has 0 aromatic carbocycles. The molecule has 2 amide bonds. The fraction of sp³-hybridized carbons (Fsp3) is 0.364. The van der Waals surface area contributed by atoms with Crippen LogP contribution in [0.25, 0.3) is 0 Å². The van der Waals surface area contributed by atoms with E-state index in [0.717, 1.165) is 6.42 Å². The van der Waals surface area contributed by atoms with Crippen molar-refractivity contribution in [3.05, 3.63) is 24.5 Å². The summed E-state index contributed by atoms with van der Waals surface area (Å²) >= 11 is 0. The Kier molecular flexibility index (Phi) is 3.61. The number of nitrogens with zero attached hydrogens (tertiary/aromatic N) is 3. The number of carboxylic acids is 1. The maximum atomic E-state index is 11.8. The molecule has 0 fully saturated rings. The molecule has 18 heavy (non-hydrogen) atoms. The maximum absolute atomic E-state index is 11.8. The van der Waals surface area contributed by atoms with Crippen molar-refractivity contribution in [2.45, 2.75) is 13.0 Å². The molecule has 0 saturated heterocycles. The van der Waals surface area contributed by atoms with Crippen molar-refractivity contribution >= 4 is 17.7 Å². The van der Waals surface area contributed by atoms with Gasteiger partial charge in [0.05, 0.1) is 11.9 Å². The average Bonchev–Trinajstić information content (AvgIpc) is 2.76. The molecule has 0 saturated carbocycles. The third-order valence-corrected chi connectivity index (χ3v) is 2.53. The van der Waals surface area contributed by atoms with E-state index in [1.807, 2.05) is 12.2 Å². The molecule has 2 N–H and O–H groups in total. The molecule has 0 atom stereocenters. The van der Waals surface area contributed by atoms with E-state index in [4.69, 9.17) is 5.11 Å². The van der Waals surface area contributed by atoms with E-state index in [1.165, 1.54) is 17.1 Å². The summed E-state index contributed by atoms with van der Waals surface area (Å²) in [4.78, 5) is 24.0. The van der Waals surface area contributed by atoms with Gasteiger partial charge in [0, 0.05) is 19.3 Å². The van der Waals surface area contributed by atoms with Crippen LogP contribution in [0.4, 0.5) is 10.5 Å². The number of rotatable bonds is 3. The van der Waals surface area contributed by atoms with Crippen molar-refractivity contribution in [1.29, 1.82) is 0 Å². The molecular formula is C11H14N4O3. The number of carbonyl (C=O) groups is 2. The number of amides is 2. The molecule has 96 valence electrons. The quantitative estimate of drug-likeness (QED) is 0.775. The monoisotopic (exact) mass is 250 g/mol. The van der Waals surface area contributed by atoms with Gasteiger partial charge in [-0.15, -0.1) is 0 Å². The standard InChI is InChI=1S/C11H14N4O3/c16-10(17)8-15-7-9(6-12-15)13-11(18)14-4-2-1-3-5-14/h1-2,6-7H,3-5,8H2,(H,13,18)(H,16,17). The van der Waals surface area contributed by atoms with Crippen molar-refractivity contribution in [3.8, 4) is 0 Å². The predicted octanol–water partition coefficient (Wildman–Crippen LogP) is 0.762. The first-order chi connectivity index (χ1) is 8.65. The molecule has 0 unspecified atom stereocenters. The molecule has 0 bridgehead atoms. The molecule has 1 aliphatic rings. The van der Waals surface area contributed by atoms with Gasteiger partial charge in [0.25, 0.3) is 0 Å². The number of nitrogens with one attached hydrogen (secondary N) is 1. The van der Waals surface area contributed by atoms with Crippen LogP contribution in [-0.4, -0.2) is 44.9 Å². The third-order valence-electron chi connectivity index (χ3n) is 2.53. The van der Waals surface area contributed by atoms with Gasteiger partial charge in [-0.25, -0.2) is 4.79 Å². The highest BCUT2D eigenvalue weighted by atomic mass is 16.4. The zero-order valence-corrected chi connectivity index (χ0v) is 9.74. The van der Waals surface area contributed by atoms with E-state index in [1.54, 1.807) is 4.90 Å². The summed E-state index contributed by atoms with van der Waals surface area (Å²) in [6.45, 7) is 1.06. The van der Waals surface area contributed by atoms with Gasteiger partial charge in [-0.1, -0.05) is 12.2 Å². The lowest BCUT2D eigenvalue weighted by Gasteiger charge is -2.23. The Morgan fingerprint density at radius 3 is 2.94 bits per heavy atom. The van der Waals surface area contributed by atoms with Gasteiger partial charge >= 0.3 is 12.0 Å². The van der Waals surface area contributed by atoms with Gasteiger partial charge in [-0.2, -0.15) is 5.10 Å². The van der Waals surface area contributed by atoms with Crippen molar-refractivity contribution in [1.82, 2.24) is 14.7 Å². The van der Waals surface area contributed by atoms with Gasteiger partial charge in [0.1, 0.15) is 6.54 Å². The van der Waals surface area contributed by atoms with Crippen LogP contribution in [-0.2, 0) is 11.3 Å². The molecule has 0 radical (unpaired) electrons. The van der Waals surface area contributed by atoms with Gasteiger partial charge in [-0.3, -0.25) is 9.48 Å². The number of carbonyl (C=O) groups excluding carboxylic acids is 1. The zero-order valence-electron chi connectivity index (χ0n) is 9.74. The first-order valence-corrected chi connectivity index (χ1v) is 5.60. The molecule has 2 heterocycles. The Bertz CT molecular complexity index is 480. The van der Waals surface area contributed by atoms with Gasteiger partial charge < -0.3 is 15.3 Å². The number of hydrogen-bond donors (Lipinski definition) is 2. The van der Waals surface area contributed by atoms with Crippen molar-refractivity contribution in [2.24, 2.45) is 0 Å². The second-order valence-electron chi connectivity index (χ2n) is 3.96. The van der Waals surface area contributed by atoms with Crippen LogP contribution in [0.1, 0.15) is 6.42 Å². The van der Waals surface area contributed by atoms with E-state index >= 15 is 0 Å². The van der Waals surface area contributed by atoms with Crippen LogP contribution in [0.15, 0.2) is 24.5 Å². The summed E-state index contributed by atoms with van der Waals surface area (Å²) < 4.78 is 1.26. The SMILES string of the molecule is O=C(O)Cn1cc(NC(=O)N2CC=CCC2)cn1. The molecule has 1 aliphatic heterocycles. The third kappa shape index (κ3) is 3.09. The first kappa shape index (κ1) is 12.2. The largest absolute Gasteiger partial charge is 0.480 e. The summed E-state index contributed by atoms with van der Waals surface area (Å²) in [6.07, 6.45) is 7.75. The molecule has 7 heteroatoms. The topological polar surface area (TPSA) is 87.5 Å². The molecule has 2 rings (SSSR count). The second kappa shape index (κ2) is 5.35. The van der Waals surface area contributed by atoms with E-state index < -0.39 is 5.97 Å². The van der Waals surface area contributed by atoms with Gasteiger partial charge in [0.2, 0.25) is 0 Å². The smallest absolute Gasteiger partial charge is 0.325 e. The minimum atomic E-state index is -0.975. The number of carboxylic acid groups (broad SMARTS) is 1. The molecule has 0 spiro atoms. The van der Waals surface area contributed by atoms with Gasteiger partial charge in [-0.05, 0) is 6.42 Å². The van der Waals surface area contributed by atoms with E-state index in [9.17, 15) is 9.59 Å². The fourth-order valence-corrected chi connectivity index (χ4v) is 1.68. The number of urea groups is 1. The summed E-state index contributed by atoms with van der Waals surface area (Å²) in [5.74, 6) is -0.975. The average molecular weight is 250 g/mol. The highest BCUT2D eigenvalue weighted by Crippen LogP contribution is 2.08. The van der Waals surface area contributed by atoms with E-state index in [2.05, 4.69) is 10.4 Å². The highest BCUT2D eigenvalue weighted by Gasteiger charge is 2.14. The summed E-state index contributed by atoms with van der Waals surface area (Å²) in [6, 6.07) is -0.200. The summed E-state index contributed by atoms with van der Waals surface area (Å²) in [5.41, 5.74) is 0.496. The lowest BCUT2D eigenvalue weighted by Crippen LogP contribution is -2.37. The van der Waals surface area contributed by atoms with Gasteiger partial charge in [0.15, 0.2) is 0 Å². The molecule has 0 aliphatic carbocycles. The summed E-state index contributed by atoms with van der Waals surface area (Å²) in [7, 11) is 0. The van der Waals surface area contributed by atoms with E-state index in [0.29, 0.717) is 18.8 Å². The number of anilines is 1. The second-order valence-corrected chi connectivity index (χ2v) is 3.96. The Labute approximate surface area is 104 Å². The fourth-order valence-electron chi connectivity index (χ4n) is 1.68. The Balaban J connectivity index is 1.92. The minimum Gasteiger partial charge on any atom is -0.480 e. The zero-order chi connectivity index (χ0) is 13.0. The lowest BCUT2D eigenvalue weighted by molar-refractivity contribution is -0.137. The van der Waals surface area contributed by atoms with Crippen LogP contribution in [0.5, 0.6) is 0 Å². The van der Waals surface area contributed by atoms with Crippen molar-refractivity contribution in [2.75, 3.05) is 18.4 Å². The first-order valence-electron chi connectivity index (χ1n) is 5.60. The Morgan fingerprint density at radius 2 is 2.28 bits per heavy atom. The molecular weight excluding hydrogens is 236 g/mol. The lowest BCUT2D eigenvalue weighted by atomic mass is 10.3. The Hall–Kier alpha value is -2.31. The molecule has 7 nitrogen and oxygen atoms in total. The van der Waals surface area contributed by atoms with Crippen LogP contribution in [0, 0.1) is 0 Å². The van der Waals surface area contributed by atoms with Crippen LogP contribution >= 0.6 is 0 Å². The minimum absolute atomic E-state index is 0.200. The van der Waals surface area contributed by atoms with Crippen molar-refractivity contribution < 1.29 is 14.7 Å². The Morgan fingerprint density at radius 1 is 1.44 bits per heavy atom. The maximum Gasteiger partial charge on any atom is 0.325 e. The number of aliphatic carboxylic acids is 1. The van der Waals surface area contributed by atoms with Crippen LogP contribution in [0.3, 0.4) is 0 Å². The predicted molar refractivity (Wildman–Crippen MR) is 64.2 cm³/mol. The van der Waals surface area contributed by atoms with Crippen LogP contribution in [0.2, 0.25) is 0 Å². The molecule has 1 aromatic rings. The van der Waals surface area contributed by atoms with Crippen LogP contribution < -0.4 is 5.32 Å².